The van der Waals surface area contributed by atoms with Gasteiger partial charge in [-0.15, -0.1) is 0 Å². The number of aromatic nitrogens is 2. The molecular weight excluding hydrogens is 347 g/mol. The standard InChI is InChI=1S/C12H15IN2OS/c1-3-16-7-8(2)15-11-5-4-9(13)6-10(11)14-12(15)17/h4-6,8H,3,7H2,1-2H3,(H,14,17). The van der Waals surface area contributed by atoms with Crippen LogP contribution in [0.1, 0.15) is 19.9 Å². The van der Waals surface area contributed by atoms with E-state index in [4.69, 9.17) is 17.0 Å². The minimum absolute atomic E-state index is 0.247. The van der Waals surface area contributed by atoms with Crippen molar-refractivity contribution in [3.63, 3.8) is 0 Å². The summed E-state index contributed by atoms with van der Waals surface area (Å²) in [5.41, 5.74) is 2.23. The third-order valence-corrected chi connectivity index (χ3v) is 3.65. The predicted molar refractivity (Wildman–Crippen MR) is 81.0 cm³/mol. The minimum Gasteiger partial charge on any atom is -0.380 e. The Bertz CT molecular complexity index is 575. The van der Waals surface area contributed by atoms with E-state index < -0.39 is 0 Å². The lowest BCUT2D eigenvalue weighted by Crippen LogP contribution is -2.12. The van der Waals surface area contributed by atoms with E-state index >= 15 is 0 Å². The Labute approximate surface area is 119 Å². The molecule has 0 amide bonds. The first-order valence-electron chi connectivity index (χ1n) is 5.61. The molecule has 0 aliphatic heterocycles. The zero-order valence-electron chi connectivity index (χ0n) is 9.87. The normalized spacial score (nSPS) is 13.1. The molecule has 0 aliphatic carbocycles. The van der Waals surface area contributed by atoms with Crippen LogP contribution in [0.15, 0.2) is 18.2 Å². The number of fused-ring (bicyclic) bond motifs is 1. The largest absolute Gasteiger partial charge is 0.380 e. The first kappa shape index (κ1) is 13.0. The number of hydrogen-bond donors (Lipinski definition) is 1. The van der Waals surface area contributed by atoms with Gasteiger partial charge in [-0.3, -0.25) is 0 Å². The van der Waals surface area contributed by atoms with E-state index in [1.54, 1.807) is 0 Å². The van der Waals surface area contributed by atoms with Crippen LogP contribution < -0.4 is 0 Å². The average Bonchev–Trinajstić information content (AvgIpc) is 2.61. The van der Waals surface area contributed by atoms with Crippen molar-refractivity contribution >= 4 is 45.8 Å². The third-order valence-electron chi connectivity index (χ3n) is 2.68. The van der Waals surface area contributed by atoms with Crippen LogP contribution in [0.4, 0.5) is 0 Å². The summed E-state index contributed by atoms with van der Waals surface area (Å²) in [4.78, 5) is 3.24. The van der Waals surface area contributed by atoms with E-state index in [0.29, 0.717) is 6.61 Å². The van der Waals surface area contributed by atoms with Crippen LogP contribution in [0, 0.1) is 8.34 Å². The van der Waals surface area contributed by atoms with E-state index in [2.05, 4.69) is 57.3 Å². The topological polar surface area (TPSA) is 29.9 Å². The predicted octanol–water partition coefficient (Wildman–Crippen LogP) is 3.90. The van der Waals surface area contributed by atoms with Crippen LogP contribution >= 0.6 is 34.8 Å². The Morgan fingerprint density at radius 3 is 3.00 bits per heavy atom. The van der Waals surface area contributed by atoms with Gasteiger partial charge in [-0.2, -0.15) is 0 Å². The number of H-pyrrole nitrogens is 1. The maximum absolute atomic E-state index is 5.46. The first-order chi connectivity index (χ1) is 8.13. The Kier molecular flexibility index (Phi) is 4.22. The van der Waals surface area contributed by atoms with E-state index in [1.165, 1.54) is 3.57 Å². The van der Waals surface area contributed by atoms with E-state index in [9.17, 15) is 0 Å². The van der Waals surface area contributed by atoms with Gasteiger partial charge in [-0.1, -0.05) is 0 Å². The highest BCUT2D eigenvalue weighted by atomic mass is 127. The monoisotopic (exact) mass is 362 g/mol. The number of hydrogen-bond acceptors (Lipinski definition) is 2. The van der Waals surface area contributed by atoms with Crippen molar-refractivity contribution < 1.29 is 4.74 Å². The molecule has 92 valence electrons. The molecule has 0 spiro atoms. The van der Waals surface area contributed by atoms with Crippen LogP contribution in [0.25, 0.3) is 11.0 Å². The SMILES string of the molecule is CCOCC(C)n1c(=S)[nH]c2cc(I)ccc21. The molecule has 0 saturated carbocycles. The number of halogens is 1. The molecular formula is C12H15IN2OS. The van der Waals surface area contributed by atoms with E-state index in [-0.39, 0.29) is 6.04 Å². The number of rotatable bonds is 4. The van der Waals surface area contributed by atoms with Crippen LogP contribution in [-0.4, -0.2) is 22.8 Å². The smallest absolute Gasteiger partial charge is 0.178 e. The van der Waals surface area contributed by atoms with Crippen molar-refractivity contribution in [2.24, 2.45) is 0 Å². The molecule has 0 bridgehead atoms. The molecule has 1 atom stereocenters. The fourth-order valence-electron chi connectivity index (χ4n) is 1.90. The van der Waals surface area contributed by atoms with E-state index in [1.807, 2.05) is 6.92 Å². The average molecular weight is 362 g/mol. The van der Waals surface area contributed by atoms with Crippen molar-refractivity contribution in [3.05, 3.63) is 26.5 Å². The molecule has 1 unspecified atom stereocenters. The first-order valence-corrected chi connectivity index (χ1v) is 7.09. The summed E-state index contributed by atoms with van der Waals surface area (Å²) in [6.45, 7) is 5.54. The Hall–Kier alpha value is -0.400. The van der Waals surface area contributed by atoms with Crippen LogP contribution in [0.5, 0.6) is 0 Å². The molecule has 0 fully saturated rings. The van der Waals surface area contributed by atoms with Crippen LogP contribution in [0.2, 0.25) is 0 Å². The van der Waals surface area contributed by atoms with Gasteiger partial charge in [0.1, 0.15) is 0 Å². The minimum atomic E-state index is 0.247. The second-order valence-corrected chi connectivity index (χ2v) is 5.60. The highest BCUT2D eigenvalue weighted by molar-refractivity contribution is 14.1. The van der Waals surface area contributed by atoms with Gasteiger partial charge in [0.2, 0.25) is 0 Å². The summed E-state index contributed by atoms with van der Waals surface area (Å²) in [5.74, 6) is 0. The fraction of sp³-hybridized carbons (Fsp3) is 0.417. The highest BCUT2D eigenvalue weighted by Crippen LogP contribution is 2.21. The van der Waals surface area contributed by atoms with Gasteiger partial charge in [-0.25, -0.2) is 0 Å². The highest BCUT2D eigenvalue weighted by Gasteiger charge is 2.11. The van der Waals surface area contributed by atoms with Gasteiger partial charge in [0.25, 0.3) is 0 Å². The molecule has 2 aromatic rings. The number of nitrogens with zero attached hydrogens (tertiary/aromatic N) is 1. The zero-order chi connectivity index (χ0) is 12.4. The molecule has 2 rings (SSSR count). The van der Waals surface area contributed by atoms with Gasteiger partial charge in [0.05, 0.1) is 23.7 Å². The van der Waals surface area contributed by atoms with Crippen molar-refractivity contribution in [3.8, 4) is 0 Å². The summed E-state index contributed by atoms with van der Waals surface area (Å²) < 4.78 is 9.55. The maximum atomic E-state index is 5.46. The Balaban J connectivity index is 2.46. The second-order valence-electron chi connectivity index (χ2n) is 3.97. The second kappa shape index (κ2) is 5.49. The van der Waals surface area contributed by atoms with Crippen LogP contribution in [0.3, 0.4) is 0 Å². The maximum Gasteiger partial charge on any atom is 0.178 e. The van der Waals surface area contributed by atoms with Gasteiger partial charge in [0.15, 0.2) is 4.77 Å². The Morgan fingerprint density at radius 2 is 2.29 bits per heavy atom. The summed E-state index contributed by atoms with van der Waals surface area (Å²) in [7, 11) is 0. The summed E-state index contributed by atoms with van der Waals surface area (Å²) in [5, 5.41) is 0. The number of ether oxygens (including phenoxy) is 1. The summed E-state index contributed by atoms with van der Waals surface area (Å²) in [6.07, 6.45) is 0. The molecule has 0 aliphatic rings. The molecule has 0 saturated heterocycles. The van der Waals surface area contributed by atoms with Gasteiger partial charge in [0, 0.05) is 10.2 Å². The summed E-state index contributed by atoms with van der Waals surface area (Å²) in [6, 6.07) is 6.55. The lowest BCUT2D eigenvalue weighted by molar-refractivity contribution is 0.119. The van der Waals surface area contributed by atoms with Crippen molar-refractivity contribution in [2.75, 3.05) is 13.2 Å². The van der Waals surface area contributed by atoms with Gasteiger partial charge < -0.3 is 14.3 Å². The van der Waals surface area contributed by atoms with Crippen molar-refractivity contribution in [2.45, 2.75) is 19.9 Å². The molecule has 1 N–H and O–H groups in total. The summed E-state index contributed by atoms with van der Waals surface area (Å²) >= 11 is 7.67. The van der Waals surface area contributed by atoms with Crippen molar-refractivity contribution in [1.82, 2.24) is 9.55 Å². The molecule has 17 heavy (non-hydrogen) atoms. The third kappa shape index (κ3) is 2.71. The van der Waals surface area contributed by atoms with E-state index in [0.717, 1.165) is 22.4 Å². The Morgan fingerprint density at radius 1 is 1.53 bits per heavy atom. The lowest BCUT2D eigenvalue weighted by Gasteiger charge is -2.14. The zero-order valence-corrected chi connectivity index (χ0v) is 12.8. The molecule has 1 aromatic carbocycles. The molecule has 1 aromatic heterocycles. The van der Waals surface area contributed by atoms with Gasteiger partial charge >= 0.3 is 0 Å². The number of benzene rings is 1. The number of nitrogens with one attached hydrogen (secondary N) is 1. The molecule has 1 heterocycles. The van der Waals surface area contributed by atoms with Crippen LogP contribution in [-0.2, 0) is 4.74 Å². The quantitative estimate of drug-likeness (QED) is 0.661. The van der Waals surface area contributed by atoms with Crippen molar-refractivity contribution in [1.29, 1.82) is 0 Å². The number of aromatic amines is 1. The molecule has 0 radical (unpaired) electrons. The molecule has 3 nitrogen and oxygen atoms in total. The fourth-order valence-corrected chi connectivity index (χ4v) is 2.78. The lowest BCUT2D eigenvalue weighted by atomic mass is 10.3. The number of imidazole rings is 1. The molecule has 5 heteroatoms. The van der Waals surface area contributed by atoms with Gasteiger partial charge in [-0.05, 0) is 66.9 Å².